The number of rotatable bonds is 2. The maximum Gasteiger partial charge on any atom is 0.103 e. The standard InChI is InChI=1S/C14H10.6CH4.2Sn/c1-3-7-13(8-4-1)11-12-14-9-5-2-6-10-14;;;;;;;;/h3-12H;6*1H4;;/b12-11+;;;;;;;;. The Balaban J connectivity index is -0.0000000562. The van der Waals surface area contributed by atoms with Gasteiger partial charge in [0.2, 0.25) is 0 Å². The molecule has 122 valence electrons. The van der Waals surface area contributed by atoms with Gasteiger partial charge in [0.1, 0.15) is 12.2 Å². The summed E-state index contributed by atoms with van der Waals surface area (Å²) in [6.07, 6.45) is 23.0. The molecule has 0 N–H and O–H groups in total. The average molecular weight is 512 g/mol. The molecule has 0 aromatic rings. The van der Waals surface area contributed by atoms with Crippen LogP contribution in [0.3, 0.4) is 0 Å². The zero-order valence-corrected chi connectivity index (χ0v) is 14.5. The van der Waals surface area contributed by atoms with Crippen molar-refractivity contribution in [1.29, 1.82) is 0 Å². The van der Waals surface area contributed by atoms with Gasteiger partial charge in [0.15, 0.2) is 0 Å². The van der Waals surface area contributed by atoms with Gasteiger partial charge in [-0.3, -0.25) is 0 Å². The van der Waals surface area contributed by atoms with Crippen LogP contribution in [-0.4, -0.2) is 47.8 Å². The first-order valence-electron chi connectivity index (χ1n) is 4.55. The van der Waals surface area contributed by atoms with Crippen LogP contribution in [0.2, 0.25) is 0 Å². The molecule has 0 nitrogen and oxygen atoms in total. The van der Waals surface area contributed by atoms with E-state index in [4.69, 9.17) is 0 Å². The second-order valence-corrected chi connectivity index (χ2v) is 3.00. The first kappa shape index (κ1) is 43.0. The van der Waals surface area contributed by atoms with Gasteiger partial charge in [-0.2, -0.15) is 0 Å². The molecule has 0 aromatic heterocycles. The van der Waals surface area contributed by atoms with Gasteiger partial charge in [0, 0.05) is 53.9 Å². The summed E-state index contributed by atoms with van der Waals surface area (Å²) in [5, 5.41) is 0. The van der Waals surface area contributed by atoms with Gasteiger partial charge in [0.25, 0.3) is 0 Å². The second kappa shape index (κ2) is 25.5. The normalized spacial score (nSPS) is 11.3. The molecule has 0 amide bonds. The Morgan fingerprint density at radius 2 is 1.55 bits per heavy atom. The summed E-state index contributed by atoms with van der Waals surface area (Å²) in [5.74, 6) is 0. The van der Waals surface area contributed by atoms with Gasteiger partial charge in [-0.05, 0) is 0 Å². The van der Waals surface area contributed by atoms with E-state index >= 15 is 0 Å². The summed E-state index contributed by atoms with van der Waals surface area (Å²) in [6.45, 7) is 0. The van der Waals surface area contributed by atoms with Crippen molar-refractivity contribution in [2.24, 2.45) is 0 Å². The van der Waals surface area contributed by atoms with Crippen LogP contribution in [0.1, 0.15) is 44.6 Å². The molecule has 8 radical (unpaired) electrons. The second-order valence-electron chi connectivity index (χ2n) is 3.00. The molecule has 2 heteroatoms. The molecule has 2 aliphatic carbocycles. The number of allylic oxidation sites excluding steroid dienone is 11. The van der Waals surface area contributed by atoms with Crippen LogP contribution in [0.4, 0.5) is 0 Å². The third-order valence-electron chi connectivity index (χ3n) is 1.96. The van der Waals surface area contributed by atoms with Crippen LogP contribution in [0, 0.1) is 12.5 Å². The van der Waals surface area contributed by atoms with Crippen molar-refractivity contribution in [1.82, 2.24) is 0 Å². The van der Waals surface area contributed by atoms with Crippen molar-refractivity contribution in [2.45, 2.75) is 44.6 Å². The topological polar surface area (TPSA) is 0 Å². The van der Waals surface area contributed by atoms with Gasteiger partial charge >= 0.3 is 0 Å². The Hall–Kier alpha value is -0.403. The van der Waals surface area contributed by atoms with Crippen LogP contribution in [0.25, 0.3) is 0 Å². The molecule has 0 fully saturated rings. The van der Waals surface area contributed by atoms with Crippen LogP contribution < -0.4 is 0 Å². The summed E-state index contributed by atoms with van der Waals surface area (Å²) in [4.78, 5) is 0. The summed E-state index contributed by atoms with van der Waals surface area (Å²) in [6, 6.07) is 0. The van der Waals surface area contributed by atoms with Gasteiger partial charge in [-0.1, -0.05) is 50.6 Å². The maximum absolute atomic E-state index is 2.99. The molecule has 0 unspecified atom stereocenters. The van der Waals surface area contributed by atoms with Crippen molar-refractivity contribution in [2.75, 3.05) is 0 Å². The molecule has 0 heterocycles. The van der Waals surface area contributed by atoms with Crippen molar-refractivity contribution < 1.29 is 0 Å². The van der Waals surface area contributed by atoms with Crippen molar-refractivity contribution in [3.05, 3.63) is 84.1 Å². The first-order chi connectivity index (χ1) is 6.95. The predicted octanol–water partition coefficient (Wildman–Crippen LogP) is 6.31. The van der Waals surface area contributed by atoms with Gasteiger partial charge in [0.05, 0.1) is 17.7 Å². The monoisotopic (exact) mass is 514 g/mol. The fraction of sp³-hybridized carbons (Fsp3) is 0.300. The molecular weight excluding hydrogens is 478 g/mol. The molecule has 0 atom stereocenters. The maximum atomic E-state index is 2.99. The Labute approximate surface area is 175 Å². The Bertz CT molecular complexity index is 427. The van der Waals surface area contributed by atoms with Crippen molar-refractivity contribution in [3.63, 3.8) is 0 Å². The molecule has 0 aliphatic heterocycles. The molecular formula is C20H34Sn2. The Morgan fingerprint density at radius 1 is 0.909 bits per heavy atom. The average Bonchev–Trinajstić information content (AvgIpc) is 2.29. The summed E-state index contributed by atoms with van der Waals surface area (Å²) >= 11 is 0. The zero-order chi connectivity index (χ0) is 9.64. The van der Waals surface area contributed by atoms with E-state index in [9.17, 15) is 0 Å². The minimum Gasteiger partial charge on any atom is -0.243 e. The molecule has 0 saturated carbocycles. The van der Waals surface area contributed by atoms with Crippen LogP contribution in [0.15, 0.2) is 71.6 Å². The SMILES string of the molecule is C.C.C.C.C.C.C1=CC=C(/C=C/C2=CC=[C+]C=C2)[CH-]C=1.[Sn].[Sn]. The molecule has 0 bridgehead atoms. The predicted molar refractivity (Wildman–Crippen MR) is 111 cm³/mol. The van der Waals surface area contributed by atoms with Gasteiger partial charge in [-0.25, -0.2) is 5.73 Å². The molecule has 22 heavy (non-hydrogen) atoms. The molecule has 2 rings (SSSR count). The van der Waals surface area contributed by atoms with Crippen molar-refractivity contribution >= 4 is 47.8 Å². The van der Waals surface area contributed by atoms with E-state index < -0.39 is 0 Å². The Kier molecular flexibility index (Phi) is 49.9. The molecule has 0 spiro atoms. The molecule has 0 aromatic carbocycles. The molecule has 0 saturated heterocycles. The quantitative estimate of drug-likeness (QED) is 0.232. The van der Waals surface area contributed by atoms with E-state index in [2.05, 4.69) is 24.0 Å². The van der Waals surface area contributed by atoms with E-state index in [1.54, 1.807) is 0 Å². The van der Waals surface area contributed by atoms with E-state index in [1.165, 1.54) is 11.1 Å². The smallest absolute Gasteiger partial charge is 0.103 e. The summed E-state index contributed by atoms with van der Waals surface area (Å²) < 4.78 is 0. The summed E-state index contributed by atoms with van der Waals surface area (Å²) in [7, 11) is 0. The third-order valence-corrected chi connectivity index (χ3v) is 1.96. The van der Waals surface area contributed by atoms with Gasteiger partial charge in [-0.15, -0.1) is 36.3 Å². The fourth-order valence-electron chi connectivity index (χ4n) is 1.21. The van der Waals surface area contributed by atoms with Crippen LogP contribution in [-0.2, 0) is 0 Å². The fourth-order valence-corrected chi connectivity index (χ4v) is 1.21. The largest absolute Gasteiger partial charge is 0.243 e. The summed E-state index contributed by atoms with van der Waals surface area (Å²) in [5.41, 5.74) is 5.37. The minimum atomic E-state index is 0. The van der Waals surface area contributed by atoms with Crippen molar-refractivity contribution in [3.8, 4) is 0 Å². The molecule has 2 aliphatic rings. The van der Waals surface area contributed by atoms with E-state index in [0.717, 1.165) is 0 Å². The van der Waals surface area contributed by atoms with Crippen LogP contribution in [0.5, 0.6) is 0 Å². The van der Waals surface area contributed by atoms with E-state index in [0.29, 0.717) is 0 Å². The number of hydrogen-bond donors (Lipinski definition) is 0. The Morgan fingerprint density at radius 3 is 2.00 bits per heavy atom. The van der Waals surface area contributed by atoms with E-state index in [-0.39, 0.29) is 92.4 Å². The van der Waals surface area contributed by atoms with Gasteiger partial charge < -0.3 is 0 Å². The van der Waals surface area contributed by atoms with E-state index in [1.807, 2.05) is 49.0 Å². The number of hydrogen-bond acceptors (Lipinski definition) is 0. The minimum absolute atomic E-state index is 0. The van der Waals surface area contributed by atoms with Crippen LogP contribution >= 0.6 is 0 Å². The first-order valence-corrected chi connectivity index (χ1v) is 4.55. The third kappa shape index (κ3) is 16.0. The zero-order valence-electron chi connectivity index (χ0n) is 8.77.